The fourth-order valence-corrected chi connectivity index (χ4v) is 2.32. The van der Waals surface area contributed by atoms with Gasteiger partial charge in [-0.2, -0.15) is 0 Å². The van der Waals surface area contributed by atoms with Gasteiger partial charge in [-0.15, -0.1) is 0 Å². The van der Waals surface area contributed by atoms with Crippen LogP contribution in [0.15, 0.2) is 58.7 Å². The van der Waals surface area contributed by atoms with Gasteiger partial charge in [0.25, 0.3) is 11.8 Å². The van der Waals surface area contributed by atoms with Crippen LogP contribution in [-0.4, -0.2) is 29.4 Å². The zero-order valence-electron chi connectivity index (χ0n) is 13.3. The van der Waals surface area contributed by atoms with Gasteiger partial charge in [0, 0.05) is 15.1 Å². The molecule has 2 aromatic carbocycles. The van der Waals surface area contributed by atoms with Crippen molar-refractivity contribution in [1.82, 2.24) is 10.6 Å². The molecular formula is C18H14BrClN2O4. The molecule has 134 valence electrons. The summed E-state index contributed by atoms with van der Waals surface area (Å²) in [7, 11) is 0. The summed E-state index contributed by atoms with van der Waals surface area (Å²) in [5.74, 6) is -2.40. The Balaban J connectivity index is 2.25. The molecule has 0 aliphatic rings. The molecule has 0 bridgehead atoms. The minimum atomic E-state index is -1.19. The number of carbonyl (C=O) groups is 3. The Hall–Kier alpha value is -2.64. The first kappa shape index (κ1) is 19.7. The highest BCUT2D eigenvalue weighted by Gasteiger charge is 2.15. The molecule has 3 N–H and O–H groups in total. The van der Waals surface area contributed by atoms with E-state index >= 15 is 0 Å². The van der Waals surface area contributed by atoms with Crippen molar-refractivity contribution >= 4 is 51.4 Å². The van der Waals surface area contributed by atoms with Crippen LogP contribution < -0.4 is 10.6 Å². The highest BCUT2D eigenvalue weighted by molar-refractivity contribution is 9.10. The largest absolute Gasteiger partial charge is 0.480 e. The summed E-state index contributed by atoms with van der Waals surface area (Å²) in [4.78, 5) is 35.3. The number of rotatable bonds is 6. The van der Waals surface area contributed by atoms with Gasteiger partial charge in [0.15, 0.2) is 0 Å². The van der Waals surface area contributed by atoms with E-state index in [9.17, 15) is 14.4 Å². The fraction of sp³-hybridized carbons (Fsp3) is 0.0556. The molecule has 0 unspecified atom stereocenters. The third-order valence-electron chi connectivity index (χ3n) is 3.18. The summed E-state index contributed by atoms with van der Waals surface area (Å²) in [6, 6.07) is 13.2. The van der Waals surface area contributed by atoms with Crippen molar-refractivity contribution in [1.29, 1.82) is 0 Å². The second-order valence-corrected chi connectivity index (χ2v) is 6.50. The summed E-state index contributed by atoms with van der Waals surface area (Å²) in [6.07, 6.45) is 1.43. The Kier molecular flexibility index (Phi) is 6.94. The van der Waals surface area contributed by atoms with E-state index < -0.39 is 24.3 Å². The maximum absolute atomic E-state index is 12.4. The van der Waals surface area contributed by atoms with Crippen LogP contribution in [0, 0.1) is 0 Å². The number of nitrogens with one attached hydrogen (secondary N) is 2. The minimum absolute atomic E-state index is 0.0820. The third-order valence-corrected chi connectivity index (χ3v) is 3.96. The monoisotopic (exact) mass is 436 g/mol. The van der Waals surface area contributed by atoms with Gasteiger partial charge in [0.05, 0.1) is 0 Å². The molecule has 0 radical (unpaired) electrons. The number of hydrogen-bond acceptors (Lipinski definition) is 3. The Morgan fingerprint density at radius 1 is 1.04 bits per heavy atom. The maximum Gasteiger partial charge on any atom is 0.322 e. The summed E-state index contributed by atoms with van der Waals surface area (Å²) < 4.78 is 0.810. The molecule has 2 aromatic rings. The van der Waals surface area contributed by atoms with Crippen LogP contribution in [-0.2, 0) is 9.59 Å². The van der Waals surface area contributed by atoms with E-state index in [0.29, 0.717) is 16.1 Å². The lowest BCUT2D eigenvalue weighted by atomic mass is 10.1. The van der Waals surface area contributed by atoms with Crippen LogP contribution in [0.1, 0.15) is 15.9 Å². The normalized spacial score (nSPS) is 10.9. The van der Waals surface area contributed by atoms with E-state index in [1.54, 1.807) is 48.5 Å². The number of amides is 2. The first-order chi connectivity index (χ1) is 12.3. The van der Waals surface area contributed by atoms with Crippen LogP contribution in [0.5, 0.6) is 0 Å². The van der Waals surface area contributed by atoms with Crippen molar-refractivity contribution in [3.05, 3.63) is 74.9 Å². The fourth-order valence-electron chi connectivity index (χ4n) is 1.93. The number of halogens is 2. The highest BCUT2D eigenvalue weighted by atomic mass is 79.9. The zero-order valence-corrected chi connectivity index (χ0v) is 15.7. The molecule has 0 aliphatic heterocycles. The average molecular weight is 438 g/mol. The second kappa shape index (κ2) is 9.17. The van der Waals surface area contributed by atoms with Crippen LogP contribution in [0.3, 0.4) is 0 Å². The molecule has 0 fully saturated rings. The Morgan fingerprint density at radius 2 is 1.65 bits per heavy atom. The smallest absolute Gasteiger partial charge is 0.322 e. The van der Waals surface area contributed by atoms with Gasteiger partial charge in [-0.1, -0.05) is 39.7 Å². The van der Waals surface area contributed by atoms with Crippen molar-refractivity contribution < 1.29 is 19.5 Å². The Morgan fingerprint density at radius 3 is 2.23 bits per heavy atom. The van der Waals surface area contributed by atoms with Crippen molar-refractivity contribution in [2.75, 3.05) is 6.54 Å². The van der Waals surface area contributed by atoms with E-state index in [2.05, 4.69) is 26.6 Å². The van der Waals surface area contributed by atoms with E-state index in [1.165, 1.54) is 6.08 Å². The van der Waals surface area contributed by atoms with E-state index in [0.717, 1.165) is 4.47 Å². The molecular weight excluding hydrogens is 424 g/mol. The number of carboxylic acids is 1. The number of carboxylic acid groups (broad SMARTS) is 1. The lowest BCUT2D eigenvalue weighted by molar-refractivity contribution is -0.137. The molecule has 0 atom stereocenters. The third kappa shape index (κ3) is 6.02. The lowest BCUT2D eigenvalue weighted by Gasteiger charge is -2.10. The van der Waals surface area contributed by atoms with Crippen molar-refractivity contribution in [2.45, 2.75) is 0 Å². The zero-order chi connectivity index (χ0) is 19.1. The van der Waals surface area contributed by atoms with Crippen LogP contribution in [0.2, 0.25) is 5.02 Å². The van der Waals surface area contributed by atoms with Crippen molar-refractivity contribution in [3.63, 3.8) is 0 Å². The van der Waals surface area contributed by atoms with Crippen molar-refractivity contribution in [2.24, 2.45) is 0 Å². The van der Waals surface area contributed by atoms with Crippen LogP contribution in [0.4, 0.5) is 0 Å². The summed E-state index contributed by atoms with van der Waals surface area (Å²) in [5, 5.41) is 14.0. The molecule has 0 heterocycles. The molecule has 26 heavy (non-hydrogen) atoms. The van der Waals surface area contributed by atoms with Gasteiger partial charge >= 0.3 is 5.97 Å². The summed E-state index contributed by atoms with van der Waals surface area (Å²) >= 11 is 9.11. The maximum atomic E-state index is 12.4. The molecule has 6 nitrogen and oxygen atoms in total. The van der Waals surface area contributed by atoms with Gasteiger partial charge in [-0.25, -0.2) is 0 Å². The van der Waals surface area contributed by atoms with Gasteiger partial charge in [0.1, 0.15) is 12.2 Å². The molecule has 0 saturated heterocycles. The molecule has 0 spiro atoms. The minimum Gasteiger partial charge on any atom is -0.480 e. The standard InChI is InChI=1S/C18H14BrClN2O4/c19-13-5-3-12(4-6-13)17(25)22-15(18(26)21-10-16(23)24)9-11-1-7-14(20)8-2-11/h1-9H,10H2,(H,21,26)(H,22,25)(H,23,24)/b15-9+. The topological polar surface area (TPSA) is 95.5 Å². The highest BCUT2D eigenvalue weighted by Crippen LogP contribution is 2.13. The number of benzene rings is 2. The second-order valence-electron chi connectivity index (χ2n) is 5.15. The van der Waals surface area contributed by atoms with Gasteiger partial charge in [-0.3, -0.25) is 14.4 Å². The number of hydrogen-bond donors (Lipinski definition) is 3. The molecule has 0 aromatic heterocycles. The molecule has 8 heteroatoms. The summed E-state index contributed by atoms with van der Waals surface area (Å²) in [5.41, 5.74) is 0.883. The molecule has 2 rings (SSSR count). The lowest BCUT2D eigenvalue weighted by Crippen LogP contribution is -2.37. The SMILES string of the molecule is O=C(O)CNC(=O)/C(=C\c1ccc(Cl)cc1)NC(=O)c1ccc(Br)cc1. The van der Waals surface area contributed by atoms with Gasteiger partial charge < -0.3 is 15.7 Å². The first-order valence-electron chi connectivity index (χ1n) is 7.39. The molecule has 2 amide bonds. The van der Waals surface area contributed by atoms with Gasteiger partial charge in [-0.05, 0) is 48.0 Å². The van der Waals surface area contributed by atoms with Gasteiger partial charge in [0.2, 0.25) is 0 Å². The van der Waals surface area contributed by atoms with E-state index in [1.807, 2.05) is 0 Å². The quantitative estimate of drug-likeness (QED) is 0.605. The van der Waals surface area contributed by atoms with Crippen LogP contribution in [0.25, 0.3) is 6.08 Å². The first-order valence-corrected chi connectivity index (χ1v) is 8.56. The van der Waals surface area contributed by atoms with E-state index in [-0.39, 0.29) is 5.70 Å². The molecule has 0 aliphatic carbocycles. The number of aliphatic carboxylic acids is 1. The predicted molar refractivity (Wildman–Crippen MR) is 102 cm³/mol. The number of carbonyl (C=O) groups excluding carboxylic acids is 2. The Bertz CT molecular complexity index is 848. The van der Waals surface area contributed by atoms with E-state index in [4.69, 9.17) is 16.7 Å². The molecule has 0 saturated carbocycles. The van der Waals surface area contributed by atoms with Crippen molar-refractivity contribution in [3.8, 4) is 0 Å². The Labute approximate surface area is 163 Å². The summed E-state index contributed by atoms with van der Waals surface area (Å²) in [6.45, 7) is -0.565. The predicted octanol–water partition coefficient (Wildman–Crippen LogP) is 3.07. The van der Waals surface area contributed by atoms with Crippen LogP contribution >= 0.6 is 27.5 Å². The average Bonchev–Trinajstić information content (AvgIpc) is 2.61.